The maximum atomic E-state index is 4.38. The van der Waals surface area contributed by atoms with Gasteiger partial charge in [0.1, 0.15) is 5.84 Å². The Morgan fingerprint density at radius 3 is 2.31 bits per heavy atom. The molecule has 0 aliphatic heterocycles. The fourth-order valence-corrected chi connectivity index (χ4v) is 1.41. The summed E-state index contributed by atoms with van der Waals surface area (Å²) < 4.78 is 0. The molecule has 2 nitrogen and oxygen atoms in total. The fourth-order valence-electron chi connectivity index (χ4n) is 1.41. The summed E-state index contributed by atoms with van der Waals surface area (Å²) in [5, 5.41) is 0. The van der Waals surface area contributed by atoms with Crippen LogP contribution < -0.4 is 0 Å². The van der Waals surface area contributed by atoms with Crippen LogP contribution in [0.25, 0.3) is 0 Å². The molecule has 0 aromatic heterocycles. The third-order valence-corrected chi connectivity index (χ3v) is 2.20. The van der Waals surface area contributed by atoms with Crippen molar-refractivity contribution in [2.45, 2.75) is 26.7 Å². The first-order valence-electron chi connectivity index (χ1n) is 5.43. The number of hydrogen-bond donors (Lipinski definition) is 0. The zero-order valence-corrected chi connectivity index (χ0v) is 10.0. The van der Waals surface area contributed by atoms with Crippen molar-refractivity contribution in [3.8, 4) is 0 Å². The average Bonchev–Trinajstić information content (AvgIpc) is 2.27. The first kappa shape index (κ1) is 12.4. The Morgan fingerprint density at radius 2 is 1.88 bits per heavy atom. The van der Waals surface area contributed by atoms with E-state index in [9.17, 15) is 0 Å². The van der Waals surface area contributed by atoms with Crippen LogP contribution >= 0.6 is 0 Å². The third-order valence-electron chi connectivity index (χ3n) is 2.20. The van der Waals surface area contributed by atoms with Crippen LogP contribution in [0.2, 0.25) is 0 Å². The van der Waals surface area contributed by atoms with Crippen LogP contribution in [-0.4, -0.2) is 12.6 Å². The summed E-state index contributed by atoms with van der Waals surface area (Å²) in [5.41, 5.74) is 3.35. The van der Waals surface area contributed by atoms with Gasteiger partial charge in [0.2, 0.25) is 0 Å². The molecule has 0 aliphatic rings. The number of aliphatic imine (C=N–C) groups is 2. The van der Waals surface area contributed by atoms with Gasteiger partial charge in [-0.05, 0) is 37.8 Å². The molecule has 0 aliphatic carbocycles. The van der Waals surface area contributed by atoms with Gasteiger partial charge in [-0.3, -0.25) is 0 Å². The first-order chi connectivity index (χ1) is 7.65. The average molecular weight is 214 g/mol. The molecule has 0 amide bonds. The third kappa shape index (κ3) is 3.81. The summed E-state index contributed by atoms with van der Waals surface area (Å²) in [5.74, 6) is 0.771. The molecule has 2 heteroatoms. The molecule has 0 atom stereocenters. The Kier molecular flexibility index (Phi) is 4.65. The zero-order valence-electron chi connectivity index (χ0n) is 10.0. The molecular formula is C14H18N2. The molecular weight excluding hydrogens is 196 g/mol. The molecule has 1 aromatic rings. The van der Waals surface area contributed by atoms with Crippen molar-refractivity contribution in [1.82, 2.24) is 0 Å². The zero-order chi connectivity index (χ0) is 12.0. The van der Waals surface area contributed by atoms with Gasteiger partial charge in [0.05, 0.1) is 5.69 Å². The molecule has 0 unspecified atom stereocenters. The molecule has 84 valence electrons. The van der Waals surface area contributed by atoms with Crippen LogP contribution in [0.15, 0.2) is 46.4 Å². The topological polar surface area (TPSA) is 24.7 Å². The smallest absolute Gasteiger partial charge is 0.127 e. The number of hydrogen-bond acceptors (Lipinski definition) is 1. The van der Waals surface area contributed by atoms with E-state index in [4.69, 9.17) is 0 Å². The van der Waals surface area contributed by atoms with E-state index in [2.05, 4.69) is 35.4 Å². The molecule has 0 bridgehead atoms. The predicted molar refractivity (Wildman–Crippen MR) is 71.9 cm³/mol. The monoisotopic (exact) mass is 214 g/mol. The summed E-state index contributed by atoms with van der Waals surface area (Å²) in [6.07, 6.45) is 1.72. The highest BCUT2D eigenvalue weighted by Crippen LogP contribution is 2.15. The second kappa shape index (κ2) is 6.01. The van der Waals surface area contributed by atoms with Gasteiger partial charge in [-0.25, -0.2) is 9.98 Å². The van der Waals surface area contributed by atoms with Gasteiger partial charge >= 0.3 is 0 Å². The summed E-state index contributed by atoms with van der Waals surface area (Å²) in [7, 11) is 0. The van der Waals surface area contributed by atoms with E-state index >= 15 is 0 Å². The molecule has 0 spiro atoms. The summed E-state index contributed by atoms with van der Waals surface area (Å²) in [4.78, 5) is 8.24. The quantitative estimate of drug-likeness (QED) is 0.412. The van der Waals surface area contributed by atoms with Crippen LogP contribution in [0, 0.1) is 0 Å². The van der Waals surface area contributed by atoms with Gasteiger partial charge in [0, 0.05) is 6.42 Å². The lowest BCUT2D eigenvalue weighted by Gasteiger charge is -2.01. The molecule has 1 rings (SSSR count). The molecule has 1 aromatic carbocycles. The minimum Gasteiger partial charge on any atom is -0.249 e. The van der Waals surface area contributed by atoms with E-state index in [1.807, 2.05) is 26.0 Å². The molecule has 16 heavy (non-hydrogen) atoms. The Morgan fingerprint density at radius 1 is 1.25 bits per heavy atom. The molecule has 0 saturated heterocycles. The highest BCUT2D eigenvalue weighted by molar-refractivity contribution is 5.88. The van der Waals surface area contributed by atoms with Crippen LogP contribution in [0.3, 0.4) is 0 Å². The summed E-state index contributed by atoms with van der Waals surface area (Å²) in [6.45, 7) is 11.4. The number of allylic oxidation sites excluding steroid dienone is 1. The van der Waals surface area contributed by atoms with Crippen molar-refractivity contribution in [2.75, 3.05) is 0 Å². The van der Waals surface area contributed by atoms with Gasteiger partial charge < -0.3 is 0 Å². The van der Waals surface area contributed by atoms with E-state index in [0.717, 1.165) is 24.4 Å². The van der Waals surface area contributed by atoms with Crippen molar-refractivity contribution in [3.05, 3.63) is 42.0 Å². The fraction of sp³-hybridized carbons (Fsp3) is 0.286. The lowest BCUT2D eigenvalue weighted by molar-refractivity contribution is 1.15. The molecule has 0 fully saturated rings. The van der Waals surface area contributed by atoms with Crippen molar-refractivity contribution in [3.63, 3.8) is 0 Å². The second-order valence-corrected chi connectivity index (χ2v) is 3.84. The Labute approximate surface area is 97.5 Å². The number of nitrogens with zero attached hydrogens (tertiary/aromatic N) is 2. The molecule has 0 N–H and O–H groups in total. The van der Waals surface area contributed by atoms with Gasteiger partial charge in [0.25, 0.3) is 0 Å². The number of rotatable bonds is 4. The maximum absolute atomic E-state index is 4.38. The lowest BCUT2D eigenvalue weighted by atomic mass is 10.1. The standard InChI is InChI=1S/C14H18N2/c1-5-14(15-4)16-13-8-6-12(7-9-13)10-11(2)3/h6-9H,2,4-5,10H2,1,3H3/b16-14-. The normalized spacial score (nSPS) is 11.2. The minimum absolute atomic E-state index is 0.771. The maximum Gasteiger partial charge on any atom is 0.127 e. The van der Waals surface area contributed by atoms with E-state index in [-0.39, 0.29) is 0 Å². The Balaban J connectivity index is 2.82. The van der Waals surface area contributed by atoms with E-state index in [0.29, 0.717) is 0 Å². The van der Waals surface area contributed by atoms with Crippen molar-refractivity contribution in [1.29, 1.82) is 0 Å². The van der Waals surface area contributed by atoms with Gasteiger partial charge in [-0.15, -0.1) is 0 Å². The van der Waals surface area contributed by atoms with Crippen molar-refractivity contribution >= 4 is 18.2 Å². The molecule has 0 radical (unpaired) electrons. The first-order valence-corrected chi connectivity index (χ1v) is 5.43. The van der Waals surface area contributed by atoms with E-state index in [1.54, 1.807) is 0 Å². The Hall–Kier alpha value is -1.70. The van der Waals surface area contributed by atoms with E-state index in [1.165, 1.54) is 11.1 Å². The highest BCUT2D eigenvalue weighted by Gasteiger charge is 1.95. The van der Waals surface area contributed by atoms with Crippen LogP contribution in [0.5, 0.6) is 0 Å². The highest BCUT2D eigenvalue weighted by atomic mass is 14.9. The van der Waals surface area contributed by atoms with Crippen LogP contribution in [-0.2, 0) is 6.42 Å². The predicted octanol–water partition coefficient (Wildman–Crippen LogP) is 3.95. The van der Waals surface area contributed by atoms with E-state index < -0.39 is 0 Å². The van der Waals surface area contributed by atoms with Crippen LogP contribution in [0.1, 0.15) is 25.8 Å². The van der Waals surface area contributed by atoms with Crippen molar-refractivity contribution in [2.24, 2.45) is 9.98 Å². The lowest BCUT2D eigenvalue weighted by Crippen LogP contribution is -1.89. The number of benzene rings is 1. The summed E-state index contributed by atoms with van der Waals surface area (Å²) in [6, 6.07) is 8.14. The van der Waals surface area contributed by atoms with Gasteiger partial charge in [0.15, 0.2) is 0 Å². The van der Waals surface area contributed by atoms with Gasteiger partial charge in [-0.2, -0.15) is 0 Å². The molecule has 0 heterocycles. The molecule has 0 saturated carbocycles. The number of amidine groups is 1. The minimum atomic E-state index is 0.771. The second-order valence-electron chi connectivity index (χ2n) is 3.84. The SMILES string of the molecule is C=N/C(CC)=N\c1ccc(CC(=C)C)cc1. The Bertz CT molecular complexity index is 399. The summed E-state index contributed by atoms with van der Waals surface area (Å²) >= 11 is 0. The van der Waals surface area contributed by atoms with Crippen LogP contribution in [0.4, 0.5) is 5.69 Å². The largest absolute Gasteiger partial charge is 0.249 e. The van der Waals surface area contributed by atoms with Crippen molar-refractivity contribution < 1.29 is 0 Å². The van der Waals surface area contributed by atoms with Gasteiger partial charge in [-0.1, -0.05) is 31.2 Å².